The molecular weight excluding hydrogens is 276 g/mol. The first-order valence-electron chi connectivity index (χ1n) is 6.64. The van der Waals surface area contributed by atoms with Gasteiger partial charge in [-0.25, -0.2) is 4.79 Å². The summed E-state index contributed by atoms with van der Waals surface area (Å²) in [5.41, 5.74) is 0.373. The topological polar surface area (TPSA) is 110 Å². The first-order chi connectivity index (χ1) is 9.86. The molecule has 1 aromatic rings. The molecule has 7 nitrogen and oxygen atoms in total. The molecule has 0 aromatic heterocycles. The van der Waals surface area contributed by atoms with Crippen molar-refractivity contribution >= 4 is 17.6 Å². The number of carboxylic acids is 1. The van der Waals surface area contributed by atoms with Crippen LogP contribution in [0.2, 0.25) is 0 Å². The van der Waals surface area contributed by atoms with Gasteiger partial charge in [0.25, 0.3) is 5.69 Å². The van der Waals surface area contributed by atoms with Crippen molar-refractivity contribution in [3.63, 3.8) is 0 Å². The number of aliphatic carboxylic acids is 1. The van der Waals surface area contributed by atoms with E-state index in [1.807, 2.05) is 6.92 Å². The maximum Gasteiger partial charge on any atom is 0.326 e. The van der Waals surface area contributed by atoms with E-state index in [-0.39, 0.29) is 5.69 Å². The molecule has 0 saturated carbocycles. The second kappa shape index (κ2) is 7.37. The Morgan fingerprint density at radius 2 is 2.10 bits per heavy atom. The van der Waals surface area contributed by atoms with Crippen LogP contribution in [0, 0.1) is 10.1 Å². The molecule has 0 saturated heterocycles. The Morgan fingerprint density at radius 3 is 2.62 bits per heavy atom. The number of non-ortho nitro benzene ring substituents is 1. The fourth-order valence-corrected chi connectivity index (χ4v) is 1.90. The Labute approximate surface area is 122 Å². The summed E-state index contributed by atoms with van der Waals surface area (Å²) >= 11 is 0. The number of amides is 1. The van der Waals surface area contributed by atoms with Crippen LogP contribution < -0.4 is 5.32 Å². The van der Waals surface area contributed by atoms with Gasteiger partial charge in [-0.2, -0.15) is 0 Å². The van der Waals surface area contributed by atoms with E-state index < -0.39 is 28.8 Å². The molecule has 0 aliphatic heterocycles. The number of carbonyl (C=O) groups is 2. The minimum absolute atomic E-state index is 0.101. The van der Waals surface area contributed by atoms with Gasteiger partial charge >= 0.3 is 5.97 Å². The van der Waals surface area contributed by atoms with Crippen LogP contribution in [0.4, 0.5) is 5.69 Å². The van der Waals surface area contributed by atoms with E-state index in [1.165, 1.54) is 18.2 Å². The van der Waals surface area contributed by atoms with E-state index >= 15 is 0 Å². The minimum Gasteiger partial charge on any atom is -0.480 e. The summed E-state index contributed by atoms with van der Waals surface area (Å²) < 4.78 is 0. The van der Waals surface area contributed by atoms with Crippen LogP contribution in [0.5, 0.6) is 0 Å². The van der Waals surface area contributed by atoms with Gasteiger partial charge < -0.3 is 10.4 Å². The first-order valence-corrected chi connectivity index (χ1v) is 6.64. The zero-order chi connectivity index (χ0) is 16.0. The standard InChI is InChI=1S/C14H18N2O5/c1-3-5-12(14(18)19)15-13(17)9(2)10-6-4-7-11(8-10)16(20)21/h4,6-9,12H,3,5H2,1-2H3,(H,15,17)(H,18,19)/t9?,12-/m1/s1. The summed E-state index contributed by atoms with van der Waals surface area (Å²) in [5.74, 6) is -2.21. The van der Waals surface area contributed by atoms with Gasteiger partial charge in [0.2, 0.25) is 5.91 Å². The van der Waals surface area contributed by atoms with Gasteiger partial charge in [-0.1, -0.05) is 25.5 Å². The molecule has 0 fully saturated rings. The molecule has 0 bridgehead atoms. The SMILES string of the molecule is CCC[C@@H](NC(=O)C(C)c1cccc([N+](=O)[O-])c1)C(=O)O. The van der Waals surface area contributed by atoms with E-state index in [1.54, 1.807) is 13.0 Å². The van der Waals surface area contributed by atoms with E-state index in [0.717, 1.165) is 0 Å². The third kappa shape index (κ3) is 4.55. The average Bonchev–Trinajstić information content (AvgIpc) is 2.45. The van der Waals surface area contributed by atoms with Gasteiger partial charge in [0.15, 0.2) is 0 Å². The molecular formula is C14H18N2O5. The molecule has 2 N–H and O–H groups in total. The van der Waals surface area contributed by atoms with Crippen LogP contribution in [-0.4, -0.2) is 27.9 Å². The molecule has 1 aromatic carbocycles. The largest absolute Gasteiger partial charge is 0.480 e. The molecule has 1 rings (SSSR count). The lowest BCUT2D eigenvalue weighted by Gasteiger charge is -2.17. The number of hydrogen-bond donors (Lipinski definition) is 2. The normalized spacial score (nSPS) is 13.2. The van der Waals surface area contributed by atoms with Crippen LogP contribution in [0.15, 0.2) is 24.3 Å². The Morgan fingerprint density at radius 1 is 1.43 bits per heavy atom. The van der Waals surface area contributed by atoms with E-state index in [4.69, 9.17) is 5.11 Å². The van der Waals surface area contributed by atoms with Gasteiger partial charge in [-0.05, 0) is 18.9 Å². The predicted molar refractivity (Wildman–Crippen MR) is 76.0 cm³/mol. The van der Waals surface area contributed by atoms with Gasteiger partial charge in [0.05, 0.1) is 10.8 Å². The number of nitro benzene ring substituents is 1. The van der Waals surface area contributed by atoms with Crippen molar-refractivity contribution in [1.82, 2.24) is 5.32 Å². The van der Waals surface area contributed by atoms with E-state index in [9.17, 15) is 19.7 Å². The fourth-order valence-electron chi connectivity index (χ4n) is 1.90. The first kappa shape index (κ1) is 16.6. The third-order valence-electron chi connectivity index (χ3n) is 3.17. The quantitative estimate of drug-likeness (QED) is 0.591. The monoisotopic (exact) mass is 294 g/mol. The number of carbonyl (C=O) groups excluding carboxylic acids is 1. The Hall–Kier alpha value is -2.44. The summed E-state index contributed by atoms with van der Waals surface area (Å²) in [6.45, 7) is 3.41. The zero-order valence-electron chi connectivity index (χ0n) is 11.9. The molecule has 7 heteroatoms. The average molecular weight is 294 g/mol. The molecule has 1 amide bonds. The van der Waals surface area contributed by atoms with E-state index in [0.29, 0.717) is 18.4 Å². The Kier molecular flexibility index (Phi) is 5.83. The van der Waals surface area contributed by atoms with Gasteiger partial charge in [-0.3, -0.25) is 14.9 Å². The molecule has 114 valence electrons. The number of carboxylic acid groups (broad SMARTS) is 1. The number of nitrogens with one attached hydrogen (secondary N) is 1. The molecule has 0 radical (unpaired) electrons. The minimum atomic E-state index is -1.09. The number of hydrogen-bond acceptors (Lipinski definition) is 4. The highest BCUT2D eigenvalue weighted by atomic mass is 16.6. The molecule has 0 aliphatic carbocycles. The Bertz CT molecular complexity index is 544. The number of nitrogens with zero attached hydrogens (tertiary/aromatic N) is 1. The van der Waals surface area contributed by atoms with Gasteiger partial charge in [0.1, 0.15) is 6.04 Å². The van der Waals surface area contributed by atoms with Crippen molar-refractivity contribution in [2.75, 3.05) is 0 Å². The molecule has 21 heavy (non-hydrogen) atoms. The second-order valence-electron chi connectivity index (χ2n) is 4.76. The summed E-state index contributed by atoms with van der Waals surface area (Å²) in [4.78, 5) is 33.3. The lowest BCUT2D eigenvalue weighted by molar-refractivity contribution is -0.384. The van der Waals surface area contributed by atoms with Crippen LogP contribution >= 0.6 is 0 Å². The highest BCUT2D eigenvalue weighted by Crippen LogP contribution is 2.21. The number of rotatable bonds is 7. The third-order valence-corrected chi connectivity index (χ3v) is 3.17. The van der Waals surface area contributed by atoms with Crippen molar-refractivity contribution in [3.05, 3.63) is 39.9 Å². The summed E-state index contributed by atoms with van der Waals surface area (Å²) in [7, 11) is 0. The number of nitro groups is 1. The summed E-state index contributed by atoms with van der Waals surface area (Å²) in [5, 5.41) is 22.2. The van der Waals surface area contributed by atoms with Gasteiger partial charge in [-0.15, -0.1) is 0 Å². The van der Waals surface area contributed by atoms with Crippen molar-refractivity contribution in [2.24, 2.45) is 0 Å². The smallest absolute Gasteiger partial charge is 0.326 e. The van der Waals surface area contributed by atoms with Crippen molar-refractivity contribution < 1.29 is 19.6 Å². The van der Waals surface area contributed by atoms with Crippen LogP contribution in [0.3, 0.4) is 0 Å². The molecule has 1 unspecified atom stereocenters. The van der Waals surface area contributed by atoms with Crippen LogP contribution in [0.25, 0.3) is 0 Å². The second-order valence-corrected chi connectivity index (χ2v) is 4.76. The van der Waals surface area contributed by atoms with Crippen molar-refractivity contribution in [2.45, 2.75) is 38.6 Å². The maximum atomic E-state index is 12.1. The van der Waals surface area contributed by atoms with Crippen molar-refractivity contribution in [3.8, 4) is 0 Å². The fraction of sp³-hybridized carbons (Fsp3) is 0.429. The Balaban J connectivity index is 2.84. The van der Waals surface area contributed by atoms with Crippen LogP contribution in [-0.2, 0) is 9.59 Å². The van der Waals surface area contributed by atoms with Crippen molar-refractivity contribution in [1.29, 1.82) is 0 Å². The lowest BCUT2D eigenvalue weighted by atomic mass is 9.99. The van der Waals surface area contributed by atoms with Crippen LogP contribution in [0.1, 0.15) is 38.2 Å². The summed E-state index contributed by atoms with van der Waals surface area (Å²) in [6.07, 6.45) is 0.963. The highest BCUT2D eigenvalue weighted by molar-refractivity contribution is 5.87. The van der Waals surface area contributed by atoms with Gasteiger partial charge in [0, 0.05) is 12.1 Å². The predicted octanol–water partition coefficient (Wildman–Crippen LogP) is 2.07. The van der Waals surface area contributed by atoms with E-state index in [2.05, 4.69) is 5.32 Å². The zero-order valence-corrected chi connectivity index (χ0v) is 11.9. The lowest BCUT2D eigenvalue weighted by Crippen LogP contribution is -2.42. The molecule has 0 spiro atoms. The summed E-state index contributed by atoms with van der Waals surface area (Å²) in [6, 6.07) is 4.82. The molecule has 0 heterocycles. The highest BCUT2D eigenvalue weighted by Gasteiger charge is 2.23. The molecule has 2 atom stereocenters. The maximum absolute atomic E-state index is 12.1. The molecule has 0 aliphatic rings. The number of benzene rings is 1.